The zero-order valence-corrected chi connectivity index (χ0v) is 17.2. The molecule has 6 nitrogen and oxygen atoms in total. The Hall–Kier alpha value is -2.93. The first-order valence-corrected chi connectivity index (χ1v) is 10.8. The predicted octanol–water partition coefficient (Wildman–Crippen LogP) is 3.24. The Bertz CT molecular complexity index is 1070. The minimum absolute atomic E-state index is 0.137. The normalized spacial score (nSPS) is 25.5. The quantitative estimate of drug-likeness (QED) is 0.684. The fraction of sp³-hybridized carbons (Fsp3) is 0.417. The van der Waals surface area contributed by atoms with Gasteiger partial charge in [-0.05, 0) is 61.1 Å². The summed E-state index contributed by atoms with van der Waals surface area (Å²) in [6.07, 6.45) is 2.61. The van der Waals surface area contributed by atoms with Gasteiger partial charge in [0.15, 0.2) is 0 Å². The number of hydrogen-bond donors (Lipinski definition) is 1. The molecule has 0 spiro atoms. The molecule has 1 aliphatic carbocycles. The van der Waals surface area contributed by atoms with Crippen molar-refractivity contribution >= 4 is 16.9 Å². The highest BCUT2D eigenvalue weighted by Gasteiger charge is 2.43. The third-order valence-corrected chi connectivity index (χ3v) is 6.63. The minimum Gasteiger partial charge on any atom is -0.488 e. The van der Waals surface area contributed by atoms with Crippen LogP contribution in [0.15, 0.2) is 54.9 Å². The van der Waals surface area contributed by atoms with Gasteiger partial charge in [0.2, 0.25) is 5.91 Å². The molecule has 0 radical (unpaired) electrons. The predicted molar refractivity (Wildman–Crippen MR) is 114 cm³/mol. The van der Waals surface area contributed by atoms with Crippen LogP contribution in [0.25, 0.3) is 11.0 Å². The van der Waals surface area contributed by atoms with E-state index in [1.165, 1.54) is 12.1 Å². The molecule has 2 fully saturated rings. The molecule has 7 heteroatoms. The number of carbonyl (C=O) groups is 1. The highest BCUT2D eigenvalue weighted by atomic mass is 19.1. The lowest BCUT2D eigenvalue weighted by Crippen LogP contribution is -2.42. The lowest BCUT2D eigenvalue weighted by molar-refractivity contribution is -0.130. The molecule has 4 atom stereocenters. The molecule has 1 saturated heterocycles. The second kappa shape index (κ2) is 8.30. The fourth-order valence-electron chi connectivity index (χ4n) is 4.97. The molecule has 1 aromatic heterocycles. The van der Waals surface area contributed by atoms with Crippen molar-refractivity contribution in [3.8, 4) is 5.75 Å². The van der Waals surface area contributed by atoms with E-state index in [1.807, 2.05) is 33.7 Å². The summed E-state index contributed by atoms with van der Waals surface area (Å²) in [6, 6.07) is 13.8. The van der Waals surface area contributed by atoms with Gasteiger partial charge in [-0.2, -0.15) is 0 Å². The van der Waals surface area contributed by atoms with E-state index in [0.717, 1.165) is 11.0 Å². The van der Waals surface area contributed by atoms with Crippen LogP contribution >= 0.6 is 0 Å². The number of aryl methyl sites for hydroxylation is 1. The van der Waals surface area contributed by atoms with Gasteiger partial charge in [-0.15, -0.1) is 0 Å². The van der Waals surface area contributed by atoms with Crippen LogP contribution < -0.4 is 4.74 Å². The number of benzene rings is 2. The van der Waals surface area contributed by atoms with E-state index in [0.29, 0.717) is 56.5 Å². The zero-order valence-electron chi connectivity index (χ0n) is 17.2. The molecule has 2 aromatic carbocycles. The molecule has 2 heterocycles. The highest BCUT2D eigenvalue weighted by molar-refractivity contribution is 5.78. The zero-order chi connectivity index (χ0) is 21.4. The number of imidazole rings is 1. The SMILES string of the molecule is O=C(CCn1cnc2ccccc21)N1C[C@H]2C[C@@H](Oc3ccc(F)cc3)[C@H](O)C[C@H]2C1. The van der Waals surface area contributed by atoms with Crippen molar-refractivity contribution < 1.29 is 19.0 Å². The smallest absolute Gasteiger partial charge is 0.224 e. The number of aliphatic hydroxyl groups excluding tert-OH is 1. The summed E-state index contributed by atoms with van der Waals surface area (Å²) in [5, 5.41) is 10.6. The fourth-order valence-corrected chi connectivity index (χ4v) is 4.97. The van der Waals surface area contributed by atoms with Gasteiger partial charge in [-0.3, -0.25) is 4.79 Å². The van der Waals surface area contributed by atoms with Crippen LogP contribution in [-0.4, -0.2) is 50.8 Å². The number of rotatable bonds is 5. The maximum Gasteiger partial charge on any atom is 0.224 e. The summed E-state index contributed by atoms with van der Waals surface area (Å²) in [7, 11) is 0. The number of likely N-dealkylation sites (tertiary alicyclic amines) is 1. The van der Waals surface area contributed by atoms with Crippen molar-refractivity contribution in [1.82, 2.24) is 14.5 Å². The molecule has 1 saturated carbocycles. The molecule has 5 rings (SSSR count). The number of halogens is 1. The highest BCUT2D eigenvalue weighted by Crippen LogP contribution is 2.38. The van der Waals surface area contributed by atoms with E-state index in [2.05, 4.69) is 4.98 Å². The summed E-state index contributed by atoms with van der Waals surface area (Å²) < 4.78 is 21.1. The second-order valence-electron chi connectivity index (χ2n) is 8.64. The molecule has 162 valence electrons. The number of carbonyl (C=O) groups excluding carboxylic acids is 1. The average molecular weight is 423 g/mol. The van der Waals surface area contributed by atoms with Crippen molar-refractivity contribution in [1.29, 1.82) is 0 Å². The Kier molecular flexibility index (Phi) is 5.36. The van der Waals surface area contributed by atoms with Gasteiger partial charge in [0, 0.05) is 26.1 Å². The first-order valence-electron chi connectivity index (χ1n) is 10.8. The number of nitrogens with zero attached hydrogens (tertiary/aromatic N) is 3. The van der Waals surface area contributed by atoms with Crippen LogP contribution in [0.5, 0.6) is 5.75 Å². The van der Waals surface area contributed by atoms with Gasteiger partial charge in [-0.1, -0.05) is 12.1 Å². The maximum atomic E-state index is 13.1. The second-order valence-corrected chi connectivity index (χ2v) is 8.64. The molecule has 1 N–H and O–H groups in total. The van der Waals surface area contributed by atoms with Crippen molar-refractivity contribution in [2.45, 2.75) is 38.0 Å². The lowest BCUT2D eigenvalue weighted by Gasteiger charge is -2.35. The van der Waals surface area contributed by atoms with Crippen molar-refractivity contribution in [2.24, 2.45) is 11.8 Å². The molecule has 3 aromatic rings. The summed E-state index contributed by atoms with van der Waals surface area (Å²) in [4.78, 5) is 19.2. The van der Waals surface area contributed by atoms with Crippen LogP contribution in [0.1, 0.15) is 19.3 Å². The van der Waals surface area contributed by atoms with Crippen LogP contribution in [0.2, 0.25) is 0 Å². The average Bonchev–Trinajstić information content (AvgIpc) is 3.38. The number of hydrogen-bond acceptors (Lipinski definition) is 4. The van der Waals surface area contributed by atoms with Gasteiger partial charge < -0.3 is 19.3 Å². The number of fused-ring (bicyclic) bond motifs is 2. The molecule has 0 bridgehead atoms. The monoisotopic (exact) mass is 423 g/mol. The van der Waals surface area contributed by atoms with E-state index < -0.39 is 6.10 Å². The summed E-state index contributed by atoms with van der Waals surface area (Å²) >= 11 is 0. The number of aromatic nitrogens is 2. The largest absolute Gasteiger partial charge is 0.488 e. The Morgan fingerprint density at radius 1 is 1.10 bits per heavy atom. The molecule has 1 aliphatic heterocycles. The maximum absolute atomic E-state index is 13.1. The Balaban J connectivity index is 1.18. The van der Waals surface area contributed by atoms with Crippen LogP contribution in [-0.2, 0) is 11.3 Å². The van der Waals surface area contributed by atoms with Crippen LogP contribution in [0.3, 0.4) is 0 Å². The molecular weight excluding hydrogens is 397 g/mol. The van der Waals surface area contributed by atoms with Gasteiger partial charge in [0.25, 0.3) is 0 Å². The first kappa shape index (κ1) is 20.0. The molecule has 2 aliphatic rings. The number of amides is 1. The topological polar surface area (TPSA) is 67.6 Å². The van der Waals surface area contributed by atoms with E-state index >= 15 is 0 Å². The molecule has 31 heavy (non-hydrogen) atoms. The number of para-hydroxylation sites is 2. The summed E-state index contributed by atoms with van der Waals surface area (Å²) in [5.74, 6) is 0.985. The Labute approximate surface area is 180 Å². The van der Waals surface area contributed by atoms with Crippen LogP contribution in [0, 0.1) is 17.7 Å². The Morgan fingerprint density at radius 2 is 1.84 bits per heavy atom. The van der Waals surface area contributed by atoms with Crippen LogP contribution in [0.4, 0.5) is 4.39 Å². The van der Waals surface area contributed by atoms with E-state index in [9.17, 15) is 14.3 Å². The summed E-state index contributed by atoms with van der Waals surface area (Å²) in [5.41, 5.74) is 1.97. The van der Waals surface area contributed by atoms with E-state index in [4.69, 9.17) is 4.74 Å². The third-order valence-electron chi connectivity index (χ3n) is 6.63. The standard InChI is InChI=1S/C24H26FN3O3/c25-18-5-7-19(8-6-18)31-23-12-17-14-28(13-16(17)11-22(23)29)24(30)9-10-27-15-26-20-3-1-2-4-21(20)27/h1-8,15-17,22-23,29H,9-14H2/t16-,17+,22+,23+/m0/s1. The minimum atomic E-state index is -0.585. The van der Waals surface area contributed by atoms with Crippen molar-refractivity contribution in [3.05, 3.63) is 60.7 Å². The Morgan fingerprint density at radius 3 is 2.65 bits per heavy atom. The first-order chi connectivity index (χ1) is 15.1. The molecular formula is C24H26FN3O3. The van der Waals surface area contributed by atoms with Gasteiger partial charge in [0.05, 0.1) is 23.5 Å². The van der Waals surface area contributed by atoms with Gasteiger partial charge in [0.1, 0.15) is 17.7 Å². The lowest BCUT2D eigenvalue weighted by atomic mass is 9.78. The number of aliphatic hydroxyl groups is 1. The van der Waals surface area contributed by atoms with Crippen molar-refractivity contribution in [3.63, 3.8) is 0 Å². The third kappa shape index (κ3) is 4.14. The summed E-state index contributed by atoms with van der Waals surface area (Å²) in [6.45, 7) is 1.99. The van der Waals surface area contributed by atoms with E-state index in [1.54, 1.807) is 18.5 Å². The van der Waals surface area contributed by atoms with E-state index in [-0.39, 0.29) is 17.8 Å². The van der Waals surface area contributed by atoms with Gasteiger partial charge >= 0.3 is 0 Å². The van der Waals surface area contributed by atoms with Gasteiger partial charge in [-0.25, -0.2) is 9.37 Å². The van der Waals surface area contributed by atoms with Crippen molar-refractivity contribution in [2.75, 3.05) is 13.1 Å². The molecule has 0 unspecified atom stereocenters. The number of ether oxygens (including phenoxy) is 1. The molecule has 1 amide bonds.